The van der Waals surface area contributed by atoms with Crippen molar-refractivity contribution in [1.29, 1.82) is 5.41 Å². The maximum Gasteiger partial charge on any atom is 0.135 e. The molecule has 1 aliphatic carbocycles. The van der Waals surface area contributed by atoms with Gasteiger partial charge in [-0.3, -0.25) is 10.8 Å². The molecule has 10 rings (SSSR count). The first-order valence-electron chi connectivity index (χ1n) is 18.4. The first kappa shape index (κ1) is 32.2. The van der Waals surface area contributed by atoms with Crippen LogP contribution in [-0.4, -0.2) is 11.4 Å². The molecule has 0 saturated heterocycles. The van der Waals surface area contributed by atoms with Crippen LogP contribution in [0.3, 0.4) is 0 Å². The third-order valence-electron chi connectivity index (χ3n) is 10.3. The Labute approximate surface area is 318 Å². The van der Waals surface area contributed by atoms with Crippen molar-refractivity contribution in [1.82, 2.24) is 0 Å². The lowest BCUT2D eigenvalue weighted by atomic mass is 9.88. The summed E-state index contributed by atoms with van der Waals surface area (Å²) in [5.41, 5.74) is 16.2. The second-order valence-electron chi connectivity index (χ2n) is 13.7. The molecule has 5 heteroatoms. The Kier molecular flexibility index (Phi) is 7.89. The fraction of sp³-hybridized carbons (Fsp3) is 0. The zero-order valence-electron chi connectivity index (χ0n) is 29.8. The van der Waals surface area contributed by atoms with Gasteiger partial charge in [-0.2, -0.15) is 5.10 Å². The van der Waals surface area contributed by atoms with E-state index in [1.807, 2.05) is 60.7 Å². The molecule has 8 aromatic carbocycles. The van der Waals surface area contributed by atoms with Gasteiger partial charge in [0.2, 0.25) is 0 Å². The monoisotopic (exact) mass is 706 g/mol. The molecule has 1 heterocycles. The minimum absolute atomic E-state index is 0.393. The molecule has 0 bridgehead atoms. The Bertz CT molecular complexity index is 2980. The van der Waals surface area contributed by atoms with Crippen LogP contribution in [0.4, 0.5) is 22.7 Å². The van der Waals surface area contributed by atoms with Crippen molar-refractivity contribution in [2.45, 2.75) is 0 Å². The maximum absolute atomic E-state index is 9.27. The van der Waals surface area contributed by atoms with E-state index in [4.69, 9.17) is 4.42 Å². The molecular formula is C50H34N4O. The van der Waals surface area contributed by atoms with Crippen molar-refractivity contribution >= 4 is 73.0 Å². The summed E-state index contributed by atoms with van der Waals surface area (Å²) in [6.07, 6.45) is 3.96. The van der Waals surface area contributed by atoms with E-state index in [0.717, 1.165) is 83.3 Å². The lowest BCUT2D eigenvalue weighted by Crippen LogP contribution is -2.18. The van der Waals surface area contributed by atoms with E-state index >= 15 is 0 Å². The molecule has 0 aliphatic heterocycles. The number of fused-ring (bicyclic) bond motifs is 6. The first-order chi connectivity index (χ1) is 27.2. The lowest BCUT2D eigenvalue weighted by Gasteiger charge is -2.26. The van der Waals surface area contributed by atoms with Crippen LogP contribution in [-0.2, 0) is 0 Å². The van der Waals surface area contributed by atoms with Gasteiger partial charge in [0.1, 0.15) is 16.9 Å². The Morgan fingerprint density at radius 3 is 1.91 bits per heavy atom. The van der Waals surface area contributed by atoms with Gasteiger partial charge in [0.25, 0.3) is 0 Å². The summed E-state index contributed by atoms with van der Waals surface area (Å²) in [6.45, 7) is 0. The van der Waals surface area contributed by atoms with Crippen LogP contribution < -0.4 is 10.3 Å². The average Bonchev–Trinajstić information content (AvgIpc) is 3.62. The topological polar surface area (TPSA) is 64.6 Å². The highest BCUT2D eigenvalue weighted by Crippen LogP contribution is 2.41. The van der Waals surface area contributed by atoms with E-state index < -0.39 is 0 Å². The number of nitrogens with zero attached hydrogens (tertiary/aromatic N) is 2. The highest BCUT2D eigenvalue weighted by atomic mass is 16.3. The Balaban J connectivity index is 1.08. The summed E-state index contributed by atoms with van der Waals surface area (Å²) >= 11 is 0. The van der Waals surface area contributed by atoms with Gasteiger partial charge in [0.05, 0.1) is 11.4 Å². The summed E-state index contributed by atoms with van der Waals surface area (Å²) in [5.74, 6) is 0. The van der Waals surface area contributed by atoms with Crippen molar-refractivity contribution in [2.75, 3.05) is 10.3 Å². The number of para-hydroxylation sites is 2. The van der Waals surface area contributed by atoms with Gasteiger partial charge in [-0.15, -0.1) is 0 Å². The average molecular weight is 707 g/mol. The summed E-state index contributed by atoms with van der Waals surface area (Å²) in [5, 5.41) is 18.1. The molecule has 0 saturated carbocycles. The number of benzene rings is 8. The van der Waals surface area contributed by atoms with Crippen molar-refractivity contribution < 1.29 is 4.42 Å². The minimum atomic E-state index is 0.393. The fourth-order valence-electron chi connectivity index (χ4n) is 7.62. The molecule has 0 atom stereocenters. The predicted octanol–water partition coefficient (Wildman–Crippen LogP) is 13.4. The summed E-state index contributed by atoms with van der Waals surface area (Å²) in [4.78, 5) is 2.32. The third-order valence-corrected chi connectivity index (χ3v) is 10.3. The SMILES string of the molecule is N=C1/C(=N\Nc2ccccc2)C=Cc2ccc3ccc(-c4cccc(N(c5cccc(-c6ccccc6)c5)c5ccc6oc7ccccc7c6c5)c4)cc3c21. The highest BCUT2D eigenvalue weighted by Gasteiger charge is 2.21. The highest BCUT2D eigenvalue weighted by molar-refractivity contribution is 6.55. The number of rotatable bonds is 7. The molecule has 1 aliphatic rings. The summed E-state index contributed by atoms with van der Waals surface area (Å²) in [6, 6.07) is 63.2. The Morgan fingerprint density at radius 1 is 0.473 bits per heavy atom. The number of allylic oxidation sites excluding steroid dienone is 1. The standard InChI is InChI=1S/C50H34N4O/c51-50-46(53-52-39-15-5-2-6-16-39)27-25-35-23-21-34-22-24-38(31-44(34)49(35)50)37-14-10-18-41(30-37)54(40-17-9-13-36(29-40)33-11-3-1-4-12-33)42-26-28-48-45(32-42)43-19-7-8-20-47(43)55-48/h1-32,51-52H/b51-50?,53-46-. The summed E-state index contributed by atoms with van der Waals surface area (Å²) in [7, 11) is 0. The van der Waals surface area contributed by atoms with Crippen molar-refractivity contribution in [3.05, 3.63) is 199 Å². The first-order valence-corrected chi connectivity index (χ1v) is 18.4. The van der Waals surface area contributed by atoms with Crippen LogP contribution in [0, 0.1) is 5.41 Å². The molecule has 0 radical (unpaired) electrons. The number of hydrazone groups is 1. The lowest BCUT2D eigenvalue weighted by molar-refractivity contribution is 0.669. The molecule has 0 spiro atoms. The van der Waals surface area contributed by atoms with Crippen LogP contribution in [0.25, 0.3) is 61.0 Å². The van der Waals surface area contributed by atoms with E-state index in [9.17, 15) is 5.41 Å². The smallest absolute Gasteiger partial charge is 0.135 e. The molecular weight excluding hydrogens is 673 g/mol. The zero-order chi connectivity index (χ0) is 36.7. The van der Waals surface area contributed by atoms with Gasteiger partial charge < -0.3 is 9.32 Å². The number of anilines is 4. The van der Waals surface area contributed by atoms with Crippen molar-refractivity contribution in [3.8, 4) is 22.3 Å². The zero-order valence-corrected chi connectivity index (χ0v) is 29.8. The van der Waals surface area contributed by atoms with Crippen LogP contribution in [0.5, 0.6) is 0 Å². The number of furan rings is 1. The molecule has 9 aromatic rings. The number of hydrogen-bond donors (Lipinski definition) is 2. The van der Waals surface area contributed by atoms with Crippen LogP contribution >= 0.6 is 0 Å². The van der Waals surface area contributed by atoms with Gasteiger partial charge in [-0.05, 0) is 111 Å². The van der Waals surface area contributed by atoms with Gasteiger partial charge in [0.15, 0.2) is 0 Å². The van der Waals surface area contributed by atoms with Crippen molar-refractivity contribution in [2.24, 2.45) is 5.10 Å². The van der Waals surface area contributed by atoms with Gasteiger partial charge in [-0.25, -0.2) is 0 Å². The molecule has 2 N–H and O–H groups in total. The quantitative estimate of drug-likeness (QED) is 0.162. The second-order valence-corrected chi connectivity index (χ2v) is 13.7. The van der Waals surface area contributed by atoms with E-state index in [2.05, 4.69) is 149 Å². The molecule has 0 amide bonds. The second kappa shape index (κ2) is 13.5. The van der Waals surface area contributed by atoms with E-state index in [0.29, 0.717) is 11.4 Å². The molecule has 0 fully saturated rings. The normalized spacial score (nSPS) is 13.1. The molecule has 55 heavy (non-hydrogen) atoms. The van der Waals surface area contributed by atoms with E-state index in [-0.39, 0.29) is 0 Å². The molecule has 5 nitrogen and oxygen atoms in total. The molecule has 0 unspecified atom stereocenters. The van der Waals surface area contributed by atoms with E-state index in [1.165, 1.54) is 5.56 Å². The van der Waals surface area contributed by atoms with E-state index in [1.54, 1.807) is 0 Å². The Morgan fingerprint density at radius 2 is 1.11 bits per heavy atom. The summed E-state index contributed by atoms with van der Waals surface area (Å²) < 4.78 is 6.23. The Hall–Kier alpha value is -7.50. The van der Waals surface area contributed by atoms with Crippen molar-refractivity contribution in [3.63, 3.8) is 0 Å². The predicted molar refractivity (Wildman–Crippen MR) is 230 cm³/mol. The van der Waals surface area contributed by atoms with Crippen LogP contribution in [0.15, 0.2) is 198 Å². The maximum atomic E-state index is 9.27. The van der Waals surface area contributed by atoms with Crippen LogP contribution in [0.2, 0.25) is 0 Å². The molecule has 1 aromatic heterocycles. The van der Waals surface area contributed by atoms with Gasteiger partial charge in [0, 0.05) is 33.4 Å². The molecule has 260 valence electrons. The fourth-order valence-corrected chi connectivity index (χ4v) is 7.62. The van der Waals surface area contributed by atoms with Gasteiger partial charge in [-0.1, -0.05) is 121 Å². The minimum Gasteiger partial charge on any atom is -0.456 e. The third kappa shape index (κ3) is 5.94. The van der Waals surface area contributed by atoms with Gasteiger partial charge >= 0.3 is 0 Å². The number of nitrogens with one attached hydrogen (secondary N) is 2. The number of hydrogen-bond acceptors (Lipinski definition) is 5. The largest absolute Gasteiger partial charge is 0.456 e. The van der Waals surface area contributed by atoms with Crippen LogP contribution in [0.1, 0.15) is 11.1 Å².